The van der Waals surface area contributed by atoms with Crippen molar-refractivity contribution in [3.05, 3.63) is 11.6 Å². The maximum Gasteiger partial charge on any atom is 0.293 e. The molecule has 1 atom stereocenters. The molecule has 0 saturated carbocycles. The molecule has 22 heavy (non-hydrogen) atoms. The quantitative estimate of drug-likeness (QED) is 0.201. The summed E-state index contributed by atoms with van der Waals surface area (Å²) in [7, 11) is 0. The van der Waals surface area contributed by atoms with Crippen LogP contribution in [0.5, 0.6) is 0 Å². The van der Waals surface area contributed by atoms with Crippen LogP contribution in [0.3, 0.4) is 0 Å². The average molecular weight is 311 g/mol. The number of ether oxygens (including phenoxy) is 1. The van der Waals surface area contributed by atoms with E-state index >= 15 is 0 Å². The Morgan fingerprint density at radius 3 is 2.14 bits per heavy atom. The molecule has 0 aromatic carbocycles. The van der Waals surface area contributed by atoms with Crippen LogP contribution in [-0.2, 0) is 9.53 Å². The lowest BCUT2D eigenvalue weighted by Gasteiger charge is -2.11. The van der Waals surface area contributed by atoms with Crippen LogP contribution in [0.1, 0.15) is 91.9 Å². The number of hydrogen-bond acceptors (Lipinski definition) is 2. The third-order valence-corrected chi connectivity index (χ3v) is 4.34. The van der Waals surface area contributed by atoms with Crippen LogP contribution in [0.15, 0.2) is 11.6 Å². The second kappa shape index (κ2) is 15.1. The van der Waals surface area contributed by atoms with Gasteiger partial charge in [-0.25, -0.2) is 0 Å². The lowest BCUT2D eigenvalue weighted by molar-refractivity contribution is -0.127. The highest BCUT2D eigenvalue weighted by Crippen LogP contribution is 2.19. The average Bonchev–Trinajstić information content (AvgIpc) is 2.46. The minimum atomic E-state index is 0.418. The van der Waals surface area contributed by atoms with Crippen molar-refractivity contribution in [2.45, 2.75) is 91.9 Å². The summed E-state index contributed by atoms with van der Waals surface area (Å²) in [5, 5.41) is 0. The van der Waals surface area contributed by atoms with Crippen LogP contribution in [0.2, 0.25) is 0 Å². The molecule has 0 aliphatic rings. The van der Waals surface area contributed by atoms with Crippen LogP contribution in [0.4, 0.5) is 0 Å². The predicted molar refractivity (Wildman–Crippen MR) is 95.9 cm³/mol. The van der Waals surface area contributed by atoms with Crippen molar-refractivity contribution in [3.8, 4) is 0 Å². The first-order chi connectivity index (χ1) is 10.6. The number of allylic oxidation sites excluding steroid dienone is 1. The molecule has 0 N–H and O–H groups in total. The van der Waals surface area contributed by atoms with Gasteiger partial charge in [-0.3, -0.25) is 4.79 Å². The minimum absolute atomic E-state index is 0.418. The first-order valence-corrected chi connectivity index (χ1v) is 9.27. The van der Waals surface area contributed by atoms with Gasteiger partial charge in [-0.2, -0.15) is 0 Å². The van der Waals surface area contributed by atoms with Crippen molar-refractivity contribution < 1.29 is 9.53 Å². The zero-order chi connectivity index (χ0) is 16.6. The summed E-state index contributed by atoms with van der Waals surface area (Å²) in [6, 6.07) is 0. The van der Waals surface area contributed by atoms with E-state index in [1.807, 2.05) is 6.08 Å². The maximum absolute atomic E-state index is 10.1. The fraction of sp³-hybridized carbons (Fsp3) is 0.850. The van der Waals surface area contributed by atoms with Gasteiger partial charge in [-0.15, -0.1) is 0 Å². The predicted octanol–water partition coefficient (Wildman–Crippen LogP) is 6.30. The Morgan fingerprint density at radius 1 is 0.909 bits per heavy atom. The van der Waals surface area contributed by atoms with Crippen LogP contribution in [0.25, 0.3) is 0 Å². The van der Waals surface area contributed by atoms with Gasteiger partial charge < -0.3 is 4.74 Å². The van der Waals surface area contributed by atoms with Crippen molar-refractivity contribution in [3.63, 3.8) is 0 Å². The second-order valence-corrected chi connectivity index (χ2v) is 7.22. The summed E-state index contributed by atoms with van der Waals surface area (Å²) < 4.78 is 4.68. The first-order valence-electron chi connectivity index (χ1n) is 9.27. The SMILES string of the molecule is C/C(=C\COC=O)CCCC(C)CCCCCCCC(C)C. The third-order valence-electron chi connectivity index (χ3n) is 4.34. The standard InChI is InChI=1S/C20H38O2/c1-18(2)11-8-6-5-7-9-12-19(3)13-10-14-20(4)15-16-22-17-21/h15,17-19H,5-14,16H2,1-4H3/b20-15+. The summed E-state index contributed by atoms with van der Waals surface area (Å²) in [5.41, 5.74) is 1.33. The molecule has 2 heteroatoms. The third kappa shape index (κ3) is 15.6. The molecular weight excluding hydrogens is 272 g/mol. The van der Waals surface area contributed by atoms with Crippen LogP contribution in [-0.4, -0.2) is 13.1 Å². The molecule has 0 amide bonds. The molecule has 0 aliphatic carbocycles. The summed E-state index contributed by atoms with van der Waals surface area (Å²) >= 11 is 0. The highest BCUT2D eigenvalue weighted by Gasteiger charge is 2.02. The van der Waals surface area contributed by atoms with E-state index in [9.17, 15) is 4.79 Å². The molecule has 0 fully saturated rings. The Balaban J connectivity index is 3.40. The van der Waals surface area contributed by atoms with Crippen molar-refractivity contribution in [1.29, 1.82) is 0 Å². The van der Waals surface area contributed by atoms with E-state index in [0.29, 0.717) is 13.1 Å². The Morgan fingerprint density at radius 2 is 1.50 bits per heavy atom. The molecule has 0 heterocycles. The number of unbranched alkanes of at least 4 members (excludes halogenated alkanes) is 4. The summed E-state index contributed by atoms with van der Waals surface area (Å²) in [5.74, 6) is 1.71. The van der Waals surface area contributed by atoms with Gasteiger partial charge in [0.15, 0.2) is 0 Å². The molecule has 130 valence electrons. The minimum Gasteiger partial charge on any atom is -0.464 e. The smallest absolute Gasteiger partial charge is 0.293 e. The lowest BCUT2D eigenvalue weighted by atomic mass is 9.95. The van der Waals surface area contributed by atoms with Gasteiger partial charge in [0, 0.05) is 0 Å². The van der Waals surface area contributed by atoms with Gasteiger partial charge in [0.25, 0.3) is 6.47 Å². The Labute approximate surface area is 138 Å². The van der Waals surface area contributed by atoms with Crippen molar-refractivity contribution >= 4 is 6.47 Å². The molecule has 0 aromatic rings. The molecule has 0 spiro atoms. The monoisotopic (exact) mass is 310 g/mol. The van der Waals surface area contributed by atoms with Gasteiger partial charge in [0.2, 0.25) is 0 Å². The molecular formula is C20H38O2. The van der Waals surface area contributed by atoms with E-state index in [2.05, 4.69) is 32.4 Å². The summed E-state index contributed by atoms with van der Waals surface area (Å²) in [6.45, 7) is 10.1. The number of carbonyl (C=O) groups excluding carboxylic acids is 1. The highest BCUT2D eigenvalue weighted by atomic mass is 16.5. The van der Waals surface area contributed by atoms with E-state index < -0.39 is 0 Å². The molecule has 0 radical (unpaired) electrons. The molecule has 0 bridgehead atoms. The van der Waals surface area contributed by atoms with Gasteiger partial charge in [0.1, 0.15) is 6.61 Å². The summed E-state index contributed by atoms with van der Waals surface area (Å²) in [4.78, 5) is 10.1. The topological polar surface area (TPSA) is 26.3 Å². The lowest BCUT2D eigenvalue weighted by Crippen LogP contribution is -1.96. The van der Waals surface area contributed by atoms with Gasteiger partial charge in [-0.05, 0) is 37.7 Å². The fourth-order valence-corrected chi connectivity index (χ4v) is 2.78. The number of carbonyl (C=O) groups is 1. The van der Waals surface area contributed by atoms with E-state index in [4.69, 9.17) is 0 Å². The zero-order valence-electron chi connectivity index (χ0n) is 15.4. The fourth-order valence-electron chi connectivity index (χ4n) is 2.78. The maximum atomic E-state index is 10.1. The Hall–Kier alpha value is -0.790. The van der Waals surface area contributed by atoms with E-state index in [-0.39, 0.29) is 0 Å². The van der Waals surface area contributed by atoms with Crippen LogP contribution >= 0.6 is 0 Å². The number of hydrogen-bond donors (Lipinski definition) is 0. The van der Waals surface area contributed by atoms with Crippen LogP contribution in [0, 0.1) is 11.8 Å². The number of rotatable bonds is 15. The van der Waals surface area contributed by atoms with Crippen molar-refractivity contribution in [2.75, 3.05) is 6.61 Å². The molecule has 2 nitrogen and oxygen atoms in total. The molecule has 0 aliphatic heterocycles. The largest absolute Gasteiger partial charge is 0.464 e. The van der Waals surface area contributed by atoms with Gasteiger partial charge in [-0.1, -0.05) is 77.7 Å². The van der Waals surface area contributed by atoms with E-state index in [1.54, 1.807) is 0 Å². The van der Waals surface area contributed by atoms with Gasteiger partial charge in [0.05, 0.1) is 0 Å². The van der Waals surface area contributed by atoms with E-state index in [0.717, 1.165) is 18.3 Å². The van der Waals surface area contributed by atoms with Gasteiger partial charge >= 0.3 is 0 Å². The first kappa shape index (κ1) is 21.2. The molecule has 1 unspecified atom stereocenters. The summed E-state index contributed by atoms with van der Waals surface area (Å²) in [6.07, 6.45) is 15.5. The van der Waals surface area contributed by atoms with Crippen LogP contribution < -0.4 is 0 Å². The highest BCUT2D eigenvalue weighted by molar-refractivity contribution is 5.37. The zero-order valence-corrected chi connectivity index (χ0v) is 15.4. The molecule has 0 saturated heterocycles. The van der Waals surface area contributed by atoms with Crippen molar-refractivity contribution in [2.24, 2.45) is 11.8 Å². The molecule has 0 aromatic heterocycles. The second-order valence-electron chi connectivity index (χ2n) is 7.22. The van der Waals surface area contributed by atoms with E-state index in [1.165, 1.54) is 63.4 Å². The normalized spacial score (nSPS) is 13.4. The Kier molecular flexibility index (Phi) is 14.6. The molecule has 0 rings (SSSR count). The Bertz CT molecular complexity index is 281. The van der Waals surface area contributed by atoms with Crippen molar-refractivity contribution in [1.82, 2.24) is 0 Å².